The zero-order valence-corrected chi connectivity index (χ0v) is 24.5. The van der Waals surface area contributed by atoms with Crippen molar-refractivity contribution in [1.82, 2.24) is 20.0 Å². The van der Waals surface area contributed by atoms with Gasteiger partial charge in [0, 0.05) is 31.7 Å². The van der Waals surface area contributed by atoms with Crippen molar-refractivity contribution < 1.29 is 9.18 Å². The molecule has 2 heterocycles. The van der Waals surface area contributed by atoms with Crippen LogP contribution in [0.3, 0.4) is 0 Å². The second kappa shape index (κ2) is 10.1. The van der Waals surface area contributed by atoms with Gasteiger partial charge in [-0.25, -0.2) is 4.39 Å². The third kappa shape index (κ3) is 5.13. The first kappa shape index (κ1) is 27.9. The Morgan fingerprint density at radius 2 is 1.76 bits per heavy atom. The average Bonchev–Trinajstić information content (AvgIpc) is 3.46. The minimum absolute atomic E-state index is 0. The Labute approximate surface area is 237 Å². The fraction of sp³-hybridized carbons (Fsp3) is 0.667. The third-order valence-corrected chi connectivity index (χ3v) is 9.97. The molecule has 1 aliphatic heterocycles. The molecule has 1 aromatic carbocycles. The van der Waals surface area contributed by atoms with E-state index in [1.807, 2.05) is 35.0 Å². The number of halogens is 3. The van der Waals surface area contributed by atoms with Crippen molar-refractivity contribution in [2.24, 2.45) is 23.2 Å². The minimum Gasteiger partial charge on any atom is -0.344 e. The van der Waals surface area contributed by atoms with Crippen LogP contribution in [-0.4, -0.2) is 40.2 Å². The van der Waals surface area contributed by atoms with Crippen LogP contribution in [-0.2, 0) is 10.3 Å². The lowest BCUT2D eigenvalue weighted by Crippen LogP contribution is -2.53. The summed E-state index contributed by atoms with van der Waals surface area (Å²) in [5.74, 6) is 2.27. The van der Waals surface area contributed by atoms with E-state index in [1.54, 1.807) is 6.07 Å². The Kier molecular flexibility index (Phi) is 7.41. The van der Waals surface area contributed by atoms with E-state index in [4.69, 9.17) is 16.7 Å². The van der Waals surface area contributed by atoms with E-state index in [-0.39, 0.29) is 46.9 Å². The number of hydrogen-bond donors (Lipinski definition) is 1. The number of rotatable bonds is 5. The second-order valence-electron chi connectivity index (χ2n) is 13.7. The summed E-state index contributed by atoms with van der Waals surface area (Å²) in [4.78, 5) is 15.9. The number of carbonyl (C=O) groups excluding carboxylic acids is 1. The maximum Gasteiger partial charge on any atom is 0.239 e. The van der Waals surface area contributed by atoms with Gasteiger partial charge < -0.3 is 4.90 Å². The van der Waals surface area contributed by atoms with Gasteiger partial charge in [0.25, 0.3) is 0 Å². The molecule has 4 bridgehead atoms. The van der Waals surface area contributed by atoms with Gasteiger partial charge in [0.1, 0.15) is 5.82 Å². The standard InChI is InChI=1S/C30H40ClFN4O.ClH/c1-29(2,3)36-8-7-25(34-36)22-13-26(33-27(22)21-5-6-23(31)24(32)12-21)28(37)35(4)17-30-14-18-9-19(15-30)11-20(10-18)16-30;/h5-8,12,18-20,22,26-27,33H,9-11,13-17H2,1-4H3;1H/t18?,19?,20?,22?,26-,27-,30?;/m0./s1. The summed E-state index contributed by atoms with van der Waals surface area (Å²) in [6.45, 7) is 7.22. The second-order valence-corrected chi connectivity index (χ2v) is 14.1. The van der Waals surface area contributed by atoms with Crippen LogP contribution in [0.5, 0.6) is 0 Å². The van der Waals surface area contributed by atoms with Crippen molar-refractivity contribution in [2.45, 2.75) is 89.3 Å². The molecule has 5 fully saturated rings. The van der Waals surface area contributed by atoms with E-state index in [2.05, 4.69) is 26.1 Å². The van der Waals surface area contributed by atoms with E-state index >= 15 is 0 Å². The van der Waals surface area contributed by atoms with Crippen molar-refractivity contribution in [3.63, 3.8) is 0 Å². The Bertz CT molecular complexity index is 1160. The predicted octanol–water partition coefficient (Wildman–Crippen LogP) is 6.71. The van der Waals surface area contributed by atoms with Crippen LogP contribution in [0.1, 0.15) is 88.9 Å². The number of carbonyl (C=O) groups is 1. The number of nitrogens with zero attached hydrogens (tertiary/aromatic N) is 3. The van der Waals surface area contributed by atoms with Gasteiger partial charge in [-0.15, -0.1) is 12.4 Å². The molecule has 0 spiro atoms. The lowest BCUT2D eigenvalue weighted by Gasteiger charge is -2.57. The van der Waals surface area contributed by atoms with E-state index in [1.165, 1.54) is 44.6 Å². The van der Waals surface area contributed by atoms with Gasteiger partial charge in [-0.3, -0.25) is 14.8 Å². The number of hydrogen-bond acceptors (Lipinski definition) is 3. The maximum absolute atomic E-state index is 14.5. The molecule has 0 radical (unpaired) electrons. The first-order chi connectivity index (χ1) is 17.5. The monoisotopic (exact) mass is 562 g/mol. The van der Waals surface area contributed by atoms with Crippen molar-refractivity contribution in [1.29, 1.82) is 0 Å². The molecule has 2 aromatic rings. The lowest BCUT2D eigenvalue weighted by molar-refractivity contribution is -0.137. The Balaban J connectivity index is 0.00000294. The molecule has 1 unspecified atom stereocenters. The highest BCUT2D eigenvalue weighted by Crippen LogP contribution is 2.60. The molecule has 3 atom stereocenters. The van der Waals surface area contributed by atoms with E-state index in [0.29, 0.717) is 11.8 Å². The highest BCUT2D eigenvalue weighted by atomic mass is 35.5. The summed E-state index contributed by atoms with van der Waals surface area (Å²) in [6.07, 6.45) is 10.7. The van der Waals surface area contributed by atoms with Crippen molar-refractivity contribution in [2.75, 3.05) is 13.6 Å². The molecule has 8 heteroatoms. The van der Waals surface area contributed by atoms with E-state index < -0.39 is 5.82 Å². The quantitative estimate of drug-likeness (QED) is 0.440. The predicted molar refractivity (Wildman–Crippen MR) is 151 cm³/mol. The normalized spacial score (nSPS) is 33.8. The first-order valence-electron chi connectivity index (χ1n) is 14.0. The van der Waals surface area contributed by atoms with Crippen LogP contribution in [0.15, 0.2) is 30.5 Å². The van der Waals surface area contributed by atoms with Crippen LogP contribution in [0.4, 0.5) is 4.39 Å². The fourth-order valence-corrected chi connectivity index (χ4v) is 8.65. The van der Waals surface area contributed by atoms with Crippen LogP contribution >= 0.6 is 24.0 Å². The molecular weight excluding hydrogens is 522 g/mol. The molecular formula is C30H41Cl2FN4O. The molecule has 38 heavy (non-hydrogen) atoms. The largest absolute Gasteiger partial charge is 0.344 e. The summed E-state index contributed by atoms with van der Waals surface area (Å²) in [6, 6.07) is 6.47. The highest BCUT2D eigenvalue weighted by Gasteiger charge is 2.52. The zero-order valence-electron chi connectivity index (χ0n) is 22.9. The number of aromatic nitrogens is 2. The van der Waals surface area contributed by atoms with Crippen molar-refractivity contribution in [3.8, 4) is 0 Å². The van der Waals surface area contributed by atoms with E-state index in [0.717, 1.165) is 35.6 Å². The summed E-state index contributed by atoms with van der Waals surface area (Å²) in [5.41, 5.74) is 1.90. The number of benzene rings is 1. The molecule has 5 aliphatic rings. The Morgan fingerprint density at radius 1 is 1.13 bits per heavy atom. The third-order valence-electron chi connectivity index (χ3n) is 9.66. The summed E-state index contributed by atoms with van der Waals surface area (Å²) in [5, 5.41) is 8.60. The van der Waals surface area contributed by atoms with Gasteiger partial charge in [0.05, 0.1) is 22.3 Å². The molecule has 1 amide bonds. The number of nitrogens with one attached hydrogen (secondary N) is 1. The molecule has 1 aromatic heterocycles. The summed E-state index contributed by atoms with van der Waals surface area (Å²) >= 11 is 5.99. The van der Waals surface area contributed by atoms with Crippen LogP contribution < -0.4 is 5.32 Å². The SMILES string of the molecule is CN(CC12CC3CC(CC(C3)C1)C2)C(=O)[C@@H]1CC(c2ccn(C(C)(C)C)n2)[C@H](c2ccc(Cl)c(F)c2)N1.Cl. The molecule has 7 rings (SSSR count). The van der Waals surface area contributed by atoms with Gasteiger partial charge in [-0.2, -0.15) is 5.10 Å². The topological polar surface area (TPSA) is 50.2 Å². The Hall–Kier alpha value is -1.63. The van der Waals surface area contributed by atoms with E-state index in [9.17, 15) is 9.18 Å². The summed E-state index contributed by atoms with van der Waals surface area (Å²) < 4.78 is 16.4. The van der Waals surface area contributed by atoms with Crippen molar-refractivity contribution in [3.05, 3.63) is 52.6 Å². The highest BCUT2D eigenvalue weighted by molar-refractivity contribution is 6.30. The molecule has 1 saturated heterocycles. The molecule has 4 saturated carbocycles. The average molecular weight is 564 g/mol. The van der Waals surface area contributed by atoms with Crippen LogP contribution in [0.25, 0.3) is 0 Å². The Morgan fingerprint density at radius 3 is 2.32 bits per heavy atom. The van der Waals surface area contributed by atoms with Gasteiger partial charge in [-0.05, 0) is 113 Å². The van der Waals surface area contributed by atoms with Gasteiger partial charge in [-0.1, -0.05) is 17.7 Å². The smallest absolute Gasteiger partial charge is 0.239 e. The van der Waals surface area contributed by atoms with Crippen LogP contribution in [0, 0.1) is 29.0 Å². The zero-order chi connectivity index (χ0) is 26.1. The number of likely N-dealkylation sites (N-methyl/N-ethyl adjacent to an activating group) is 1. The van der Waals surface area contributed by atoms with Crippen LogP contribution in [0.2, 0.25) is 5.02 Å². The molecule has 5 nitrogen and oxygen atoms in total. The van der Waals surface area contributed by atoms with Crippen molar-refractivity contribution >= 4 is 29.9 Å². The first-order valence-corrected chi connectivity index (χ1v) is 14.4. The van der Waals surface area contributed by atoms with Gasteiger partial charge in [0.15, 0.2) is 0 Å². The van der Waals surface area contributed by atoms with Gasteiger partial charge >= 0.3 is 0 Å². The maximum atomic E-state index is 14.5. The van der Waals surface area contributed by atoms with Gasteiger partial charge in [0.2, 0.25) is 5.91 Å². The minimum atomic E-state index is -0.436. The molecule has 1 N–H and O–H groups in total. The molecule has 4 aliphatic carbocycles. The fourth-order valence-electron chi connectivity index (χ4n) is 8.53. The molecule has 208 valence electrons. The number of amides is 1. The lowest BCUT2D eigenvalue weighted by atomic mass is 9.49. The summed E-state index contributed by atoms with van der Waals surface area (Å²) in [7, 11) is 1.99.